The number of ether oxygens (including phenoxy) is 1. The van der Waals surface area contributed by atoms with Crippen LogP contribution in [0, 0.1) is 13.8 Å². The first-order valence-electron chi connectivity index (χ1n) is 10.3. The Morgan fingerprint density at radius 2 is 1.55 bits per heavy atom. The van der Waals surface area contributed by atoms with Crippen LogP contribution in [0.15, 0.2) is 60.7 Å². The molecule has 1 aliphatic rings. The van der Waals surface area contributed by atoms with Gasteiger partial charge < -0.3 is 20.3 Å². The third-order valence-electron chi connectivity index (χ3n) is 5.61. The van der Waals surface area contributed by atoms with E-state index in [-0.39, 0.29) is 19.1 Å². The maximum Gasteiger partial charge on any atom is 0.407 e. The number of nitrogens with zero attached hydrogens (tertiary/aromatic N) is 1. The molecule has 2 aromatic carbocycles. The number of alkyl carbamates (subject to hydrolysis) is 1. The number of benzene rings is 2. The van der Waals surface area contributed by atoms with Gasteiger partial charge >= 0.3 is 6.09 Å². The fourth-order valence-corrected chi connectivity index (χ4v) is 4.21. The number of aliphatic hydroxyl groups excluding tert-OH is 2. The molecule has 0 saturated carbocycles. The zero-order valence-corrected chi connectivity index (χ0v) is 17.6. The van der Waals surface area contributed by atoms with E-state index < -0.39 is 18.3 Å². The van der Waals surface area contributed by atoms with Crippen LogP contribution in [-0.2, 0) is 4.74 Å². The lowest BCUT2D eigenvalue weighted by atomic mass is 9.98. The molecule has 2 unspecified atom stereocenters. The predicted octanol–water partition coefficient (Wildman–Crippen LogP) is 3.63. The van der Waals surface area contributed by atoms with Crippen LogP contribution in [-0.4, -0.2) is 40.5 Å². The summed E-state index contributed by atoms with van der Waals surface area (Å²) in [5.74, 6) is -0.0311. The SMILES string of the molecule is Cc1cc(C(O)C(O)CNC(=O)OCC2c3ccccc3-c3ccccc32)cc(C)n1. The summed E-state index contributed by atoms with van der Waals surface area (Å²) in [6.45, 7) is 3.72. The van der Waals surface area contributed by atoms with E-state index in [1.807, 2.05) is 38.1 Å². The molecular weight excluding hydrogens is 392 g/mol. The molecule has 1 aromatic heterocycles. The minimum atomic E-state index is -1.17. The quantitative estimate of drug-likeness (QED) is 0.569. The van der Waals surface area contributed by atoms with Gasteiger partial charge in [-0.15, -0.1) is 0 Å². The summed E-state index contributed by atoms with van der Waals surface area (Å²) in [4.78, 5) is 16.5. The van der Waals surface area contributed by atoms with Gasteiger partial charge in [-0.3, -0.25) is 4.98 Å². The van der Waals surface area contributed by atoms with Crippen molar-refractivity contribution in [1.29, 1.82) is 0 Å². The van der Waals surface area contributed by atoms with Crippen molar-refractivity contribution in [2.75, 3.05) is 13.2 Å². The number of rotatable bonds is 6. The second-order valence-electron chi connectivity index (χ2n) is 7.90. The lowest BCUT2D eigenvalue weighted by Crippen LogP contribution is -2.36. The smallest absolute Gasteiger partial charge is 0.407 e. The molecule has 1 aliphatic carbocycles. The van der Waals surface area contributed by atoms with E-state index in [0.717, 1.165) is 33.6 Å². The molecule has 2 atom stereocenters. The molecule has 1 heterocycles. The minimum absolute atomic E-state index is 0.0311. The molecule has 0 radical (unpaired) electrons. The Kier molecular flexibility index (Phi) is 6.02. The Balaban J connectivity index is 1.35. The molecule has 0 aliphatic heterocycles. The first kappa shape index (κ1) is 21.0. The summed E-state index contributed by atoms with van der Waals surface area (Å²) >= 11 is 0. The Labute approximate surface area is 181 Å². The van der Waals surface area contributed by atoms with Gasteiger partial charge in [0.15, 0.2) is 0 Å². The van der Waals surface area contributed by atoms with Crippen molar-refractivity contribution in [3.63, 3.8) is 0 Å². The molecule has 0 bridgehead atoms. The van der Waals surface area contributed by atoms with E-state index in [9.17, 15) is 15.0 Å². The van der Waals surface area contributed by atoms with Crippen LogP contribution < -0.4 is 5.32 Å². The molecule has 4 rings (SSSR count). The first-order valence-corrected chi connectivity index (χ1v) is 10.3. The second-order valence-corrected chi connectivity index (χ2v) is 7.90. The van der Waals surface area contributed by atoms with Gasteiger partial charge in [-0.05, 0) is 53.8 Å². The van der Waals surface area contributed by atoms with E-state index >= 15 is 0 Å². The van der Waals surface area contributed by atoms with Gasteiger partial charge in [0.1, 0.15) is 18.8 Å². The van der Waals surface area contributed by atoms with E-state index in [0.29, 0.717) is 5.56 Å². The van der Waals surface area contributed by atoms with E-state index in [2.05, 4.69) is 34.6 Å². The first-order chi connectivity index (χ1) is 14.9. The normalized spacial score (nSPS) is 14.5. The number of hydrogen-bond acceptors (Lipinski definition) is 5. The standard InChI is InChI=1S/C25H26N2O4/c1-15-11-17(12-16(2)27-15)24(29)23(28)13-26-25(30)31-14-22-20-9-5-3-7-18(20)19-8-4-6-10-21(19)22/h3-12,22-24,28-29H,13-14H2,1-2H3,(H,26,30). The molecule has 6 heteroatoms. The van der Waals surface area contributed by atoms with E-state index in [4.69, 9.17) is 4.74 Å². The number of fused-ring (bicyclic) bond motifs is 3. The molecule has 3 N–H and O–H groups in total. The van der Waals surface area contributed by atoms with Crippen LogP contribution in [0.25, 0.3) is 11.1 Å². The maximum absolute atomic E-state index is 12.3. The summed E-state index contributed by atoms with van der Waals surface area (Å²) in [5, 5.41) is 23.3. The lowest BCUT2D eigenvalue weighted by Gasteiger charge is -2.20. The van der Waals surface area contributed by atoms with Crippen molar-refractivity contribution in [3.8, 4) is 11.1 Å². The van der Waals surface area contributed by atoms with E-state index in [1.165, 1.54) is 0 Å². The van der Waals surface area contributed by atoms with Crippen LogP contribution >= 0.6 is 0 Å². The van der Waals surface area contributed by atoms with Crippen molar-refractivity contribution in [2.24, 2.45) is 0 Å². The van der Waals surface area contributed by atoms with Crippen molar-refractivity contribution >= 4 is 6.09 Å². The molecule has 0 spiro atoms. The largest absolute Gasteiger partial charge is 0.449 e. The minimum Gasteiger partial charge on any atom is -0.449 e. The summed E-state index contributed by atoms with van der Waals surface area (Å²) in [6.07, 6.45) is -2.92. The van der Waals surface area contributed by atoms with Crippen LogP contribution in [0.5, 0.6) is 0 Å². The monoisotopic (exact) mass is 418 g/mol. The van der Waals surface area contributed by atoms with Gasteiger partial charge in [0, 0.05) is 23.9 Å². The van der Waals surface area contributed by atoms with E-state index in [1.54, 1.807) is 12.1 Å². The topological polar surface area (TPSA) is 91.7 Å². The van der Waals surface area contributed by atoms with Crippen molar-refractivity contribution in [2.45, 2.75) is 32.0 Å². The molecular formula is C25H26N2O4. The zero-order valence-electron chi connectivity index (χ0n) is 17.6. The fourth-order valence-electron chi connectivity index (χ4n) is 4.21. The van der Waals surface area contributed by atoms with Crippen LogP contribution in [0.3, 0.4) is 0 Å². The highest BCUT2D eigenvalue weighted by molar-refractivity contribution is 5.79. The molecule has 160 valence electrons. The highest BCUT2D eigenvalue weighted by Crippen LogP contribution is 2.44. The Morgan fingerprint density at radius 3 is 2.13 bits per heavy atom. The summed E-state index contributed by atoms with van der Waals surface area (Å²) in [7, 11) is 0. The molecule has 1 amide bonds. The van der Waals surface area contributed by atoms with Gasteiger partial charge in [-0.1, -0.05) is 48.5 Å². The van der Waals surface area contributed by atoms with Crippen LogP contribution in [0.4, 0.5) is 4.79 Å². The number of carbonyl (C=O) groups is 1. The Morgan fingerprint density at radius 1 is 1.00 bits per heavy atom. The average molecular weight is 418 g/mol. The summed E-state index contributed by atoms with van der Waals surface area (Å²) in [5.41, 5.74) is 6.66. The zero-order chi connectivity index (χ0) is 22.0. The third kappa shape index (κ3) is 4.45. The van der Waals surface area contributed by atoms with Gasteiger partial charge in [0.05, 0.1) is 0 Å². The Hall–Kier alpha value is -3.22. The van der Waals surface area contributed by atoms with Gasteiger partial charge in [0.2, 0.25) is 0 Å². The summed E-state index contributed by atoms with van der Waals surface area (Å²) in [6, 6.07) is 19.7. The number of carbonyl (C=O) groups excluding carboxylic acids is 1. The summed E-state index contributed by atoms with van der Waals surface area (Å²) < 4.78 is 5.46. The number of amides is 1. The van der Waals surface area contributed by atoms with Gasteiger partial charge in [-0.2, -0.15) is 0 Å². The molecule has 0 fully saturated rings. The predicted molar refractivity (Wildman–Crippen MR) is 118 cm³/mol. The van der Waals surface area contributed by atoms with Crippen molar-refractivity contribution < 1.29 is 19.7 Å². The van der Waals surface area contributed by atoms with Crippen molar-refractivity contribution in [3.05, 3.63) is 88.7 Å². The molecule has 6 nitrogen and oxygen atoms in total. The third-order valence-corrected chi connectivity index (χ3v) is 5.61. The Bertz CT molecular complexity index is 1030. The second kappa shape index (κ2) is 8.88. The highest BCUT2D eigenvalue weighted by Gasteiger charge is 2.29. The number of nitrogens with one attached hydrogen (secondary N) is 1. The lowest BCUT2D eigenvalue weighted by molar-refractivity contribution is 0.0184. The van der Waals surface area contributed by atoms with Gasteiger partial charge in [0.25, 0.3) is 0 Å². The number of aryl methyl sites for hydroxylation is 2. The fraction of sp³-hybridized carbons (Fsp3) is 0.280. The molecule has 3 aromatic rings. The average Bonchev–Trinajstić information content (AvgIpc) is 3.08. The highest BCUT2D eigenvalue weighted by atomic mass is 16.5. The van der Waals surface area contributed by atoms with Gasteiger partial charge in [-0.25, -0.2) is 4.79 Å². The number of pyridine rings is 1. The molecule has 0 saturated heterocycles. The number of hydrogen-bond donors (Lipinski definition) is 3. The van der Waals surface area contributed by atoms with Crippen molar-refractivity contribution in [1.82, 2.24) is 10.3 Å². The maximum atomic E-state index is 12.3. The van der Waals surface area contributed by atoms with Crippen LogP contribution in [0.1, 0.15) is 40.1 Å². The molecule has 31 heavy (non-hydrogen) atoms. The number of aromatic nitrogens is 1. The number of aliphatic hydroxyl groups is 2. The van der Waals surface area contributed by atoms with Crippen LogP contribution in [0.2, 0.25) is 0 Å².